The molecule has 0 amide bonds. The van der Waals surface area contributed by atoms with Crippen LogP contribution in [0.1, 0.15) is 19.8 Å². The predicted molar refractivity (Wildman–Crippen MR) is 109 cm³/mol. The molecule has 0 aromatic carbocycles. The summed E-state index contributed by atoms with van der Waals surface area (Å²) < 4.78 is 0. The smallest absolute Gasteiger partial charge is 0.376 e. The number of hydrogen-bond donors (Lipinski definition) is 2. The van der Waals surface area contributed by atoms with E-state index < -0.39 is 7.05 Å². The van der Waals surface area contributed by atoms with Crippen LogP contribution >= 0.6 is 0 Å². The Labute approximate surface area is 159 Å². The maximum Gasteiger partial charge on any atom is 0.376 e. The Bertz CT molecular complexity index is 900. The third-order valence-electron chi connectivity index (χ3n) is 5.47. The van der Waals surface area contributed by atoms with Crippen LogP contribution in [0.5, 0.6) is 0 Å². The zero-order chi connectivity index (χ0) is 18.8. The molecule has 1 atom stereocenters. The Balaban J connectivity index is 1.72. The first-order valence-electron chi connectivity index (χ1n) is 9.59. The van der Waals surface area contributed by atoms with Crippen LogP contribution in [-0.2, 0) is 0 Å². The van der Waals surface area contributed by atoms with E-state index in [4.69, 9.17) is 0 Å². The summed E-state index contributed by atoms with van der Waals surface area (Å²) in [6.45, 7) is 6.71. The highest BCUT2D eigenvalue weighted by Crippen LogP contribution is 2.35. The van der Waals surface area contributed by atoms with Gasteiger partial charge < -0.3 is 19.7 Å². The zero-order valence-electron chi connectivity index (χ0n) is 15.8. The van der Waals surface area contributed by atoms with Crippen LogP contribution in [0.15, 0.2) is 37.2 Å². The molecule has 1 aliphatic rings. The van der Waals surface area contributed by atoms with E-state index in [2.05, 4.69) is 42.6 Å². The van der Waals surface area contributed by atoms with Crippen LogP contribution in [0, 0.1) is 0 Å². The molecule has 0 aliphatic carbocycles. The summed E-state index contributed by atoms with van der Waals surface area (Å²) in [5.74, 6) is 0. The molecule has 0 unspecified atom stereocenters. The highest BCUT2D eigenvalue weighted by molar-refractivity contribution is 6.45. The van der Waals surface area contributed by atoms with Gasteiger partial charge in [-0.1, -0.05) is 6.92 Å². The average Bonchev–Trinajstić information content (AvgIpc) is 3.13. The molecule has 1 aliphatic heterocycles. The molecule has 0 spiro atoms. The number of hydrogen-bond acceptors (Lipinski definition) is 6. The van der Waals surface area contributed by atoms with Crippen molar-refractivity contribution >= 4 is 23.8 Å². The number of rotatable bonds is 5. The second kappa shape index (κ2) is 7.66. The largest absolute Gasteiger partial charge is 0.437 e. The highest BCUT2D eigenvalue weighted by Gasteiger charge is 2.29. The number of H-pyrrole nitrogens is 1. The van der Waals surface area contributed by atoms with Crippen molar-refractivity contribution in [3.63, 3.8) is 0 Å². The van der Waals surface area contributed by atoms with Gasteiger partial charge in [0.15, 0.2) is 0 Å². The fraction of sp³-hybridized carbons (Fsp3) is 0.421. The second-order valence-electron chi connectivity index (χ2n) is 7.09. The molecular weight excluding hydrogens is 339 g/mol. The first-order valence-corrected chi connectivity index (χ1v) is 9.59. The lowest BCUT2D eigenvalue weighted by molar-refractivity contribution is 0.262. The molecule has 27 heavy (non-hydrogen) atoms. The molecule has 2 N–H and O–H groups in total. The van der Waals surface area contributed by atoms with Crippen LogP contribution < -0.4 is 4.90 Å². The molecule has 1 fully saturated rings. The van der Waals surface area contributed by atoms with Gasteiger partial charge in [0, 0.05) is 60.7 Å². The number of aromatic amines is 1. The standard InChI is InChI=1S/C19H25BN6O/c1-3-26(20(2)27)15-5-4-8-25(12-15)17-6-7-23-19-18(17)16(11-24-19)14-9-21-13-22-10-14/h6-7,9-11,13,15,27H,3-5,8,12H2,1-2H3,(H,23,24)/t15-/m0/s1. The van der Waals surface area contributed by atoms with Crippen LogP contribution in [0.3, 0.4) is 0 Å². The number of nitrogens with zero attached hydrogens (tertiary/aromatic N) is 5. The summed E-state index contributed by atoms with van der Waals surface area (Å²) >= 11 is 0. The minimum Gasteiger partial charge on any atom is -0.437 e. The van der Waals surface area contributed by atoms with Crippen molar-refractivity contribution in [2.75, 3.05) is 24.5 Å². The summed E-state index contributed by atoms with van der Waals surface area (Å²) in [5, 5.41) is 11.2. The van der Waals surface area contributed by atoms with Crippen molar-refractivity contribution < 1.29 is 5.02 Å². The molecule has 3 aromatic rings. The molecule has 7 nitrogen and oxygen atoms in total. The van der Waals surface area contributed by atoms with E-state index in [0.717, 1.165) is 54.6 Å². The second-order valence-corrected chi connectivity index (χ2v) is 7.09. The maximum absolute atomic E-state index is 10.1. The monoisotopic (exact) mass is 364 g/mol. The van der Waals surface area contributed by atoms with Gasteiger partial charge in [-0.15, -0.1) is 0 Å². The molecule has 0 radical (unpaired) electrons. The van der Waals surface area contributed by atoms with E-state index in [0.29, 0.717) is 6.04 Å². The van der Waals surface area contributed by atoms with Gasteiger partial charge in [0.05, 0.1) is 5.39 Å². The van der Waals surface area contributed by atoms with Gasteiger partial charge >= 0.3 is 7.05 Å². The lowest BCUT2D eigenvalue weighted by Crippen LogP contribution is -2.52. The SMILES string of the molecule is CCN(B(C)O)[C@H]1CCCN(c2ccnc3[nH]cc(-c4cncnc4)c23)C1. The van der Waals surface area contributed by atoms with Crippen molar-refractivity contribution in [3.05, 3.63) is 37.2 Å². The summed E-state index contributed by atoms with van der Waals surface area (Å²) in [6, 6.07) is 2.43. The van der Waals surface area contributed by atoms with Crippen molar-refractivity contribution in [3.8, 4) is 11.1 Å². The van der Waals surface area contributed by atoms with E-state index in [1.807, 2.05) is 31.6 Å². The fourth-order valence-electron chi connectivity index (χ4n) is 4.24. The molecule has 0 saturated carbocycles. The minimum atomic E-state index is -0.429. The predicted octanol–water partition coefficient (Wildman–Crippen LogP) is 2.42. The number of aromatic nitrogens is 4. The van der Waals surface area contributed by atoms with Gasteiger partial charge in [-0.2, -0.15) is 0 Å². The van der Waals surface area contributed by atoms with E-state index in [-0.39, 0.29) is 0 Å². The lowest BCUT2D eigenvalue weighted by Gasteiger charge is -2.41. The summed E-state index contributed by atoms with van der Waals surface area (Å²) in [4.78, 5) is 20.7. The Kier molecular flexibility index (Phi) is 5.09. The third-order valence-corrected chi connectivity index (χ3v) is 5.47. The Morgan fingerprint density at radius 2 is 2.19 bits per heavy atom. The van der Waals surface area contributed by atoms with E-state index in [9.17, 15) is 5.02 Å². The molecular formula is C19H25BN6O. The lowest BCUT2D eigenvalue weighted by atomic mass is 9.81. The van der Waals surface area contributed by atoms with E-state index in [1.165, 1.54) is 5.69 Å². The number of fused-ring (bicyclic) bond motifs is 1. The summed E-state index contributed by atoms with van der Waals surface area (Å²) in [5.41, 5.74) is 4.09. The minimum absolute atomic E-state index is 0.342. The third kappa shape index (κ3) is 3.42. The molecule has 3 aromatic heterocycles. The molecule has 4 rings (SSSR count). The fourth-order valence-corrected chi connectivity index (χ4v) is 4.24. The van der Waals surface area contributed by atoms with Gasteiger partial charge in [0.25, 0.3) is 0 Å². The topological polar surface area (TPSA) is 81.2 Å². The Morgan fingerprint density at radius 1 is 1.37 bits per heavy atom. The van der Waals surface area contributed by atoms with Gasteiger partial charge in [-0.05, 0) is 32.3 Å². The van der Waals surface area contributed by atoms with E-state index >= 15 is 0 Å². The Hall–Kier alpha value is -2.45. The Morgan fingerprint density at radius 3 is 2.93 bits per heavy atom. The molecule has 0 bridgehead atoms. The quantitative estimate of drug-likeness (QED) is 0.677. The molecule has 4 heterocycles. The van der Waals surface area contributed by atoms with Crippen molar-refractivity contribution in [1.82, 2.24) is 24.7 Å². The van der Waals surface area contributed by atoms with Crippen LogP contribution in [0.2, 0.25) is 6.82 Å². The number of anilines is 1. The van der Waals surface area contributed by atoms with Crippen LogP contribution in [0.4, 0.5) is 5.69 Å². The van der Waals surface area contributed by atoms with Crippen molar-refractivity contribution in [2.24, 2.45) is 0 Å². The van der Waals surface area contributed by atoms with Gasteiger partial charge in [-0.25, -0.2) is 15.0 Å². The number of pyridine rings is 1. The van der Waals surface area contributed by atoms with Crippen LogP contribution in [-0.4, -0.2) is 62.5 Å². The van der Waals surface area contributed by atoms with Gasteiger partial charge in [0.2, 0.25) is 0 Å². The zero-order valence-corrected chi connectivity index (χ0v) is 15.8. The average molecular weight is 364 g/mol. The molecule has 8 heteroatoms. The molecule has 140 valence electrons. The number of nitrogens with one attached hydrogen (secondary N) is 1. The van der Waals surface area contributed by atoms with Crippen LogP contribution in [0.25, 0.3) is 22.2 Å². The maximum atomic E-state index is 10.1. The number of piperidine rings is 1. The summed E-state index contributed by atoms with van der Waals surface area (Å²) in [6.07, 6.45) is 11.3. The van der Waals surface area contributed by atoms with Gasteiger partial charge in [0.1, 0.15) is 12.0 Å². The first-order chi connectivity index (χ1) is 13.2. The van der Waals surface area contributed by atoms with Crippen molar-refractivity contribution in [1.29, 1.82) is 0 Å². The first kappa shape index (κ1) is 17.9. The number of likely N-dealkylation sites (N-methyl/N-ethyl adjacent to an activating group) is 1. The normalized spacial score (nSPS) is 17.6. The van der Waals surface area contributed by atoms with Gasteiger partial charge in [-0.3, -0.25) is 0 Å². The highest BCUT2D eigenvalue weighted by atomic mass is 16.2. The summed E-state index contributed by atoms with van der Waals surface area (Å²) in [7, 11) is -0.429. The molecule has 1 saturated heterocycles. The van der Waals surface area contributed by atoms with Crippen molar-refractivity contribution in [2.45, 2.75) is 32.6 Å². The van der Waals surface area contributed by atoms with E-state index in [1.54, 1.807) is 6.33 Å².